The second kappa shape index (κ2) is 6.37. The molecule has 1 saturated heterocycles. The number of rotatable bonds is 3. The molecule has 1 aliphatic rings. The average Bonchev–Trinajstić information content (AvgIpc) is 2.57. The largest absolute Gasteiger partial charge is 0.399 e. The van der Waals surface area contributed by atoms with Crippen LogP contribution in [0.4, 0.5) is 11.4 Å². The number of nitrogens with zero attached hydrogens (tertiary/aromatic N) is 1. The lowest BCUT2D eigenvalue weighted by atomic mass is 9.89. The maximum absolute atomic E-state index is 6.03. The van der Waals surface area contributed by atoms with E-state index in [2.05, 4.69) is 35.7 Å². The number of nitrogen functional groups attached to an aromatic ring is 2. The van der Waals surface area contributed by atoms with Crippen LogP contribution in [0.15, 0.2) is 49.0 Å². The van der Waals surface area contributed by atoms with E-state index >= 15 is 0 Å². The first-order chi connectivity index (χ1) is 11.0. The number of anilines is 2. The van der Waals surface area contributed by atoms with Crippen LogP contribution in [0.2, 0.25) is 0 Å². The lowest BCUT2D eigenvalue weighted by molar-refractivity contribution is 0.299. The Labute approximate surface area is 138 Å². The van der Waals surface area contributed by atoms with Crippen LogP contribution in [-0.4, -0.2) is 18.0 Å². The van der Waals surface area contributed by atoms with Gasteiger partial charge in [0.1, 0.15) is 0 Å². The molecule has 4 N–H and O–H groups in total. The maximum atomic E-state index is 6.03. The smallest absolute Gasteiger partial charge is 0.0367 e. The summed E-state index contributed by atoms with van der Waals surface area (Å²) in [6, 6.07) is 14.5. The molecular weight excluding hydrogens is 282 g/mol. The van der Waals surface area contributed by atoms with Crippen LogP contribution in [0.25, 0.3) is 5.70 Å². The summed E-state index contributed by atoms with van der Waals surface area (Å²) < 4.78 is 0. The van der Waals surface area contributed by atoms with E-state index in [-0.39, 0.29) is 0 Å². The molecule has 0 aromatic heterocycles. The highest BCUT2D eigenvalue weighted by molar-refractivity contribution is 5.66. The molecule has 1 heterocycles. The van der Waals surface area contributed by atoms with Gasteiger partial charge < -0.3 is 16.4 Å². The molecule has 0 amide bonds. The van der Waals surface area contributed by atoms with Gasteiger partial charge in [0.25, 0.3) is 0 Å². The maximum Gasteiger partial charge on any atom is 0.0367 e. The summed E-state index contributed by atoms with van der Waals surface area (Å²) in [4.78, 5) is 2.37. The Morgan fingerprint density at radius 2 is 1.70 bits per heavy atom. The van der Waals surface area contributed by atoms with E-state index in [1.54, 1.807) is 0 Å². The number of hydrogen-bond acceptors (Lipinski definition) is 3. The Morgan fingerprint density at radius 3 is 2.30 bits per heavy atom. The van der Waals surface area contributed by atoms with Crippen molar-refractivity contribution in [2.75, 3.05) is 24.6 Å². The minimum Gasteiger partial charge on any atom is -0.399 e. The molecule has 0 bridgehead atoms. The fourth-order valence-electron chi connectivity index (χ4n) is 3.25. The molecule has 0 atom stereocenters. The topological polar surface area (TPSA) is 55.3 Å². The summed E-state index contributed by atoms with van der Waals surface area (Å²) in [5.74, 6) is 0.614. The molecule has 0 aliphatic carbocycles. The normalized spacial score (nSPS) is 15.6. The molecule has 3 rings (SSSR count). The van der Waals surface area contributed by atoms with Crippen LogP contribution >= 0.6 is 0 Å². The molecule has 0 saturated carbocycles. The van der Waals surface area contributed by atoms with Gasteiger partial charge in [-0.25, -0.2) is 0 Å². The highest BCUT2D eigenvalue weighted by Gasteiger charge is 2.22. The zero-order valence-corrected chi connectivity index (χ0v) is 13.8. The summed E-state index contributed by atoms with van der Waals surface area (Å²) in [6.07, 6.45) is 2.29. The van der Waals surface area contributed by atoms with Crippen molar-refractivity contribution in [1.82, 2.24) is 4.90 Å². The Balaban J connectivity index is 1.65. The fourth-order valence-corrected chi connectivity index (χ4v) is 3.25. The van der Waals surface area contributed by atoms with E-state index in [1.807, 2.05) is 25.1 Å². The van der Waals surface area contributed by atoms with Crippen LogP contribution in [0.3, 0.4) is 0 Å². The van der Waals surface area contributed by atoms with Crippen molar-refractivity contribution in [3.63, 3.8) is 0 Å². The van der Waals surface area contributed by atoms with Gasteiger partial charge in [-0.2, -0.15) is 0 Å². The summed E-state index contributed by atoms with van der Waals surface area (Å²) in [5.41, 5.74) is 18.2. The Kier molecular flexibility index (Phi) is 4.28. The van der Waals surface area contributed by atoms with Crippen LogP contribution < -0.4 is 11.5 Å². The van der Waals surface area contributed by atoms with Gasteiger partial charge in [0.2, 0.25) is 0 Å². The standard InChI is InChI=1S/C20H25N3/c1-14-3-4-18(13-20(14)22)15(2)23-11-9-17(10-12-23)16-5-7-19(21)8-6-16/h3-8,13,17H,2,9-12,21-22H2,1H3. The summed E-state index contributed by atoms with van der Waals surface area (Å²) in [6.45, 7) is 8.37. The van der Waals surface area contributed by atoms with Crippen molar-refractivity contribution in [2.24, 2.45) is 0 Å². The molecule has 3 heteroatoms. The third kappa shape index (κ3) is 3.34. The minimum absolute atomic E-state index is 0.614. The molecule has 1 fully saturated rings. The molecule has 0 radical (unpaired) electrons. The Hall–Kier alpha value is -2.42. The molecule has 2 aromatic carbocycles. The third-order valence-corrected chi connectivity index (χ3v) is 4.90. The quantitative estimate of drug-likeness (QED) is 0.842. The average molecular weight is 307 g/mol. The zero-order valence-electron chi connectivity index (χ0n) is 13.8. The predicted octanol–water partition coefficient (Wildman–Crippen LogP) is 4.01. The summed E-state index contributed by atoms with van der Waals surface area (Å²) in [5, 5.41) is 0. The van der Waals surface area contributed by atoms with Crippen LogP contribution in [0.1, 0.15) is 35.4 Å². The van der Waals surface area contributed by atoms with Crippen LogP contribution in [0.5, 0.6) is 0 Å². The van der Waals surface area contributed by atoms with Gasteiger partial charge in [-0.15, -0.1) is 0 Å². The lowest BCUT2D eigenvalue weighted by Gasteiger charge is -2.35. The first-order valence-electron chi connectivity index (χ1n) is 8.20. The first kappa shape index (κ1) is 15.5. The van der Waals surface area contributed by atoms with Gasteiger partial charge in [0.15, 0.2) is 0 Å². The van der Waals surface area contributed by atoms with E-state index in [4.69, 9.17) is 11.5 Å². The number of likely N-dealkylation sites (tertiary alicyclic amines) is 1. The van der Waals surface area contributed by atoms with E-state index < -0.39 is 0 Å². The number of hydrogen-bond donors (Lipinski definition) is 2. The fraction of sp³-hybridized carbons (Fsp3) is 0.300. The molecule has 23 heavy (non-hydrogen) atoms. The lowest BCUT2D eigenvalue weighted by Crippen LogP contribution is -2.31. The summed E-state index contributed by atoms with van der Waals surface area (Å²) in [7, 11) is 0. The van der Waals surface area contributed by atoms with Gasteiger partial charge in [-0.05, 0) is 60.6 Å². The monoisotopic (exact) mass is 307 g/mol. The van der Waals surface area contributed by atoms with E-state index in [0.29, 0.717) is 5.92 Å². The SMILES string of the molecule is C=C(c1ccc(C)c(N)c1)N1CCC(c2ccc(N)cc2)CC1. The summed E-state index contributed by atoms with van der Waals surface area (Å²) >= 11 is 0. The van der Waals surface area contributed by atoms with Crippen molar-refractivity contribution < 1.29 is 0 Å². The Morgan fingerprint density at radius 1 is 1.04 bits per heavy atom. The molecule has 120 valence electrons. The van der Waals surface area contributed by atoms with E-state index in [0.717, 1.165) is 54.1 Å². The Bertz CT molecular complexity index is 695. The van der Waals surface area contributed by atoms with E-state index in [1.165, 1.54) is 5.56 Å². The van der Waals surface area contributed by atoms with Crippen molar-refractivity contribution in [2.45, 2.75) is 25.7 Å². The molecular formula is C20H25N3. The van der Waals surface area contributed by atoms with E-state index in [9.17, 15) is 0 Å². The van der Waals surface area contributed by atoms with Gasteiger partial charge in [0, 0.05) is 30.2 Å². The van der Waals surface area contributed by atoms with Crippen molar-refractivity contribution in [3.05, 3.63) is 65.7 Å². The van der Waals surface area contributed by atoms with Crippen molar-refractivity contribution in [1.29, 1.82) is 0 Å². The first-order valence-corrected chi connectivity index (χ1v) is 8.20. The van der Waals surface area contributed by atoms with Gasteiger partial charge in [0.05, 0.1) is 0 Å². The van der Waals surface area contributed by atoms with Crippen LogP contribution in [-0.2, 0) is 0 Å². The highest BCUT2D eigenvalue weighted by Crippen LogP contribution is 2.32. The predicted molar refractivity (Wildman–Crippen MR) is 99.0 cm³/mol. The third-order valence-electron chi connectivity index (χ3n) is 4.90. The second-order valence-electron chi connectivity index (χ2n) is 6.45. The van der Waals surface area contributed by atoms with Crippen molar-refractivity contribution >= 4 is 17.1 Å². The molecule has 0 spiro atoms. The number of nitrogens with two attached hydrogens (primary N) is 2. The minimum atomic E-state index is 0.614. The van der Waals surface area contributed by atoms with Gasteiger partial charge >= 0.3 is 0 Å². The zero-order chi connectivity index (χ0) is 16.4. The number of benzene rings is 2. The van der Waals surface area contributed by atoms with Gasteiger partial charge in [-0.1, -0.05) is 30.8 Å². The number of piperidine rings is 1. The second-order valence-corrected chi connectivity index (χ2v) is 6.45. The van der Waals surface area contributed by atoms with Crippen LogP contribution in [0, 0.1) is 6.92 Å². The number of aryl methyl sites for hydroxylation is 1. The molecule has 3 nitrogen and oxygen atoms in total. The van der Waals surface area contributed by atoms with Gasteiger partial charge in [-0.3, -0.25) is 0 Å². The molecule has 1 aliphatic heterocycles. The molecule has 0 unspecified atom stereocenters. The molecule has 2 aromatic rings. The van der Waals surface area contributed by atoms with Crippen molar-refractivity contribution in [3.8, 4) is 0 Å². The highest BCUT2D eigenvalue weighted by atomic mass is 15.1.